The number of nitrogens with one attached hydrogen (secondary N) is 1. The second kappa shape index (κ2) is 8.10. The standard InChI is InChI=1S/C17H18ClF3N4OS/c1-10(27-16-24-23-14-5-3-2-4-8-25(14)16)15(26)22-11-6-7-13(18)12(9-11)17(19,20)21/h6-7,9-10H,2-5,8H2,1H3,(H,22,26). The lowest BCUT2D eigenvalue weighted by atomic mass is 10.2. The summed E-state index contributed by atoms with van der Waals surface area (Å²) in [6, 6.07) is 3.30. The van der Waals surface area contributed by atoms with Crippen LogP contribution in [0.3, 0.4) is 0 Å². The maximum atomic E-state index is 13.0. The van der Waals surface area contributed by atoms with E-state index in [9.17, 15) is 18.0 Å². The Morgan fingerprint density at radius 3 is 2.81 bits per heavy atom. The van der Waals surface area contributed by atoms with E-state index in [0.29, 0.717) is 5.16 Å². The molecule has 3 rings (SSSR count). The molecule has 2 heterocycles. The molecule has 0 bridgehead atoms. The predicted molar refractivity (Wildman–Crippen MR) is 98.0 cm³/mol. The summed E-state index contributed by atoms with van der Waals surface area (Å²) in [4.78, 5) is 12.4. The Morgan fingerprint density at radius 1 is 1.30 bits per heavy atom. The Labute approximate surface area is 163 Å². The number of benzene rings is 1. The average molecular weight is 419 g/mol. The van der Waals surface area contributed by atoms with Gasteiger partial charge in [0.05, 0.1) is 15.8 Å². The molecule has 1 unspecified atom stereocenters. The Balaban J connectivity index is 1.69. The van der Waals surface area contributed by atoms with Gasteiger partial charge in [-0.3, -0.25) is 4.79 Å². The summed E-state index contributed by atoms with van der Waals surface area (Å²) >= 11 is 6.84. The maximum Gasteiger partial charge on any atom is 0.417 e. The van der Waals surface area contributed by atoms with Gasteiger partial charge in [-0.1, -0.05) is 29.8 Å². The second-order valence-corrected chi connectivity index (χ2v) is 8.02. The molecule has 1 amide bonds. The first-order chi connectivity index (χ1) is 12.8. The Morgan fingerprint density at radius 2 is 2.07 bits per heavy atom. The van der Waals surface area contributed by atoms with Gasteiger partial charge < -0.3 is 9.88 Å². The predicted octanol–water partition coefficient (Wildman–Crippen LogP) is 4.80. The second-order valence-electron chi connectivity index (χ2n) is 6.30. The highest BCUT2D eigenvalue weighted by atomic mass is 35.5. The van der Waals surface area contributed by atoms with Crippen LogP contribution in [0.25, 0.3) is 0 Å². The van der Waals surface area contributed by atoms with Crippen molar-refractivity contribution in [3.63, 3.8) is 0 Å². The minimum absolute atomic E-state index is 0.0456. The third-order valence-electron chi connectivity index (χ3n) is 4.27. The Hall–Kier alpha value is -1.74. The topological polar surface area (TPSA) is 59.8 Å². The monoisotopic (exact) mass is 418 g/mol. The summed E-state index contributed by atoms with van der Waals surface area (Å²) in [5.74, 6) is 0.497. The molecule has 1 N–H and O–H groups in total. The highest BCUT2D eigenvalue weighted by Crippen LogP contribution is 2.36. The number of hydrogen-bond acceptors (Lipinski definition) is 4. The summed E-state index contributed by atoms with van der Waals surface area (Å²) < 4.78 is 40.9. The van der Waals surface area contributed by atoms with E-state index in [0.717, 1.165) is 50.2 Å². The van der Waals surface area contributed by atoms with Crippen LogP contribution in [0.2, 0.25) is 5.02 Å². The van der Waals surface area contributed by atoms with Crippen LogP contribution in [0, 0.1) is 0 Å². The number of hydrogen-bond donors (Lipinski definition) is 1. The van der Waals surface area contributed by atoms with Gasteiger partial charge in [0.25, 0.3) is 0 Å². The lowest BCUT2D eigenvalue weighted by molar-refractivity contribution is -0.137. The highest BCUT2D eigenvalue weighted by Gasteiger charge is 2.33. The van der Waals surface area contributed by atoms with Crippen LogP contribution in [0.4, 0.5) is 18.9 Å². The number of carbonyl (C=O) groups is 1. The number of thioether (sulfide) groups is 1. The van der Waals surface area contributed by atoms with E-state index >= 15 is 0 Å². The Bertz CT molecular complexity index is 840. The van der Waals surface area contributed by atoms with Crippen molar-refractivity contribution >= 4 is 35.0 Å². The number of nitrogens with zero attached hydrogens (tertiary/aromatic N) is 3. The molecule has 2 aromatic rings. The number of aryl methyl sites for hydroxylation is 1. The first-order valence-electron chi connectivity index (χ1n) is 8.52. The minimum Gasteiger partial charge on any atom is -0.325 e. The Kier molecular flexibility index (Phi) is 6.00. The number of fused-ring (bicyclic) bond motifs is 1. The molecular formula is C17H18ClF3N4OS. The quantitative estimate of drug-likeness (QED) is 0.725. The van der Waals surface area contributed by atoms with E-state index in [-0.39, 0.29) is 5.69 Å². The van der Waals surface area contributed by atoms with E-state index in [2.05, 4.69) is 15.5 Å². The number of rotatable bonds is 4. The van der Waals surface area contributed by atoms with Gasteiger partial charge in [-0.15, -0.1) is 10.2 Å². The molecule has 1 aliphatic rings. The number of carbonyl (C=O) groups excluding carboxylic acids is 1. The SMILES string of the molecule is CC(Sc1nnc2n1CCCCC2)C(=O)Nc1ccc(Cl)c(C(F)(F)F)c1. The zero-order chi connectivity index (χ0) is 19.6. The lowest BCUT2D eigenvalue weighted by Gasteiger charge is -2.14. The van der Waals surface area contributed by atoms with Crippen molar-refractivity contribution in [2.24, 2.45) is 0 Å². The van der Waals surface area contributed by atoms with Gasteiger partial charge in [0.15, 0.2) is 5.16 Å². The fraction of sp³-hybridized carbons (Fsp3) is 0.471. The lowest BCUT2D eigenvalue weighted by Crippen LogP contribution is -2.23. The largest absolute Gasteiger partial charge is 0.417 e. The molecule has 0 fully saturated rings. The molecular weight excluding hydrogens is 401 g/mol. The van der Waals surface area contributed by atoms with Crippen LogP contribution in [-0.4, -0.2) is 25.9 Å². The summed E-state index contributed by atoms with van der Waals surface area (Å²) in [6.07, 6.45) is -0.501. The first-order valence-corrected chi connectivity index (χ1v) is 9.78. The fourth-order valence-electron chi connectivity index (χ4n) is 2.82. The molecule has 0 aliphatic carbocycles. The van der Waals surface area contributed by atoms with Crippen molar-refractivity contribution in [3.8, 4) is 0 Å². The molecule has 0 saturated heterocycles. The van der Waals surface area contributed by atoms with Crippen LogP contribution in [0.5, 0.6) is 0 Å². The number of anilines is 1. The third-order valence-corrected chi connectivity index (χ3v) is 5.68. The number of amides is 1. The van der Waals surface area contributed by atoms with Gasteiger partial charge in [-0.2, -0.15) is 13.2 Å². The van der Waals surface area contributed by atoms with Gasteiger partial charge in [-0.25, -0.2) is 0 Å². The van der Waals surface area contributed by atoms with Crippen LogP contribution < -0.4 is 5.32 Å². The van der Waals surface area contributed by atoms with Crippen molar-refractivity contribution in [1.29, 1.82) is 0 Å². The molecule has 10 heteroatoms. The van der Waals surface area contributed by atoms with E-state index in [1.807, 2.05) is 4.57 Å². The van der Waals surface area contributed by atoms with Crippen LogP contribution in [0.1, 0.15) is 37.6 Å². The molecule has 146 valence electrons. The van der Waals surface area contributed by atoms with Crippen molar-refractivity contribution in [1.82, 2.24) is 14.8 Å². The minimum atomic E-state index is -4.59. The molecule has 27 heavy (non-hydrogen) atoms. The number of alkyl halides is 3. The van der Waals surface area contributed by atoms with Gasteiger partial charge in [0.1, 0.15) is 5.82 Å². The molecule has 0 saturated carbocycles. The van der Waals surface area contributed by atoms with Crippen molar-refractivity contribution < 1.29 is 18.0 Å². The third kappa shape index (κ3) is 4.76. The van der Waals surface area contributed by atoms with Gasteiger partial charge in [0.2, 0.25) is 5.91 Å². The summed E-state index contributed by atoms with van der Waals surface area (Å²) in [7, 11) is 0. The van der Waals surface area contributed by atoms with E-state index in [1.165, 1.54) is 17.8 Å². The van der Waals surface area contributed by atoms with E-state index in [1.54, 1.807) is 6.92 Å². The van der Waals surface area contributed by atoms with Crippen molar-refractivity contribution in [2.45, 2.75) is 55.7 Å². The summed E-state index contributed by atoms with van der Waals surface area (Å²) in [5, 5.41) is 10.5. The molecule has 0 spiro atoms. The maximum absolute atomic E-state index is 13.0. The van der Waals surface area contributed by atoms with Crippen molar-refractivity contribution in [2.75, 3.05) is 5.32 Å². The zero-order valence-corrected chi connectivity index (χ0v) is 16.1. The fourth-order valence-corrected chi connectivity index (χ4v) is 3.94. The van der Waals surface area contributed by atoms with Gasteiger partial charge >= 0.3 is 6.18 Å². The smallest absolute Gasteiger partial charge is 0.325 e. The van der Waals surface area contributed by atoms with Gasteiger partial charge in [0, 0.05) is 18.7 Å². The van der Waals surface area contributed by atoms with Crippen molar-refractivity contribution in [3.05, 3.63) is 34.6 Å². The summed E-state index contributed by atoms with van der Waals surface area (Å²) in [6.45, 7) is 2.49. The normalized spacial score (nSPS) is 15.7. The highest BCUT2D eigenvalue weighted by molar-refractivity contribution is 8.00. The number of aromatic nitrogens is 3. The van der Waals surface area contributed by atoms with E-state index in [4.69, 9.17) is 11.6 Å². The average Bonchev–Trinajstić information content (AvgIpc) is 2.82. The summed E-state index contributed by atoms with van der Waals surface area (Å²) in [5.41, 5.74) is -0.936. The van der Waals surface area contributed by atoms with Gasteiger partial charge in [-0.05, 0) is 38.0 Å². The van der Waals surface area contributed by atoms with Crippen LogP contribution >= 0.6 is 23.4 Å². The first kappa shape index (κ1) is 20.0. The van der Waals surface area contributed by atoms with Crippen LogP contribution in [0.15, 0.2) is 23.4 Å². The number of halogens is 4. The molecule has 1 atom stereocenters. The molecule has 5 nitrogen and oxygen atoms in total. The molecule has 0 radical (unpaired) electrons. The molecule has 1 aromatic carbocycles. The molecule has 1 aromatic heterocycles. The molecule has 1 aliphatic heterocycles. The zero-order valence-electron chi connectivity index (χ0n) is 14.5. The van der Waals surface area contributed by atoms with E-state index < -0.39 is 27.9 Å². The van der Waals surface area contributed by atoms with Crippen LogP contribution in [-0.2, 0) is 23.9 Å².